The molecule has 0 saturated heterocycles. The molecule has 11 heteroatoms. The lowest BCUT2D eigenvalue weighted by atomic mass is 9.87. The monoisotopic (exact) mass is 521 g/mol. The number of nitrogens with one attached hydrogen (secondary N) is 2. The number of hydrogen-bond donors (Lipinski definition) is 4. The number of rotatable bonds is 6. The van der Waals surface area contributed by atoms with Gasteiger partial charge >= 0.3 is 6.03 Å². The van der Waals surface area contributed by atoms with Gasteiger partial charge in [-0.1, -0.05) is 36.5 Å². The molecule has 7 nitrogen and oxygen atoms in total. The number of anilines is 1. The van der Waals surface area contributed by atoms with Crippen molar-refractivity contribution in [3.63, 3.8) is 0 Å². The van der Waals surface area contributed by atoms with Gasteiger partial charge in [-0.05, 0) is 48.2 Å². The molecule has 0 fully saturated rings. The number of hydrogen-bond acceptors (Lipinski definition) is 6. The first kappa shape index (κ1) is 25.7. The third-order valence-electron chi connectivity index (χ3n) is 5.14. The van der Waals surface area contributed by atoms with Gasteiger partial charge in [0.1, 0.15) is 16.6 Å². The summed E-state index contributed by atoms with van der Waals surface area (Å²) in [6, 6.07) is 9.56. The minimum absolute atomic E-state index is 0.139. The van der Waals surface area contributed by atoms with E-state index in [0.717, 1.165) is 11.8 Å². The summed E-state index contributed by atoms with van der Waals surface area (Å²) in [6.07, 6.45) is 6.07. The quantitative estimate of drug-likeness (QED) is 0.259. The van der Waals surface area contributed by atoms with E-state index in [2.05, 4.69) is 10.6 Å². The van der Waals surface area contributed by atoms with Gasteiger partial charge in [-0.3, -0.25) is 4.79 Å². The minimum Gasteiger partial charge on any atom is -0.496 e. The second kappa shape index (κ2) is 10.1. The Morgan fingerprint density at radius 3 is 2.56 bits per heavy atom. The number of nitrogens with two attached hydrogens (primary N) is 1. The Balaban J connectivity index is 2.13. The number of thiocarbonyl (C=S) groups is 1. The van der Waals surface area contributed by atoms with E-state index in [1.165, 1.54) is 37.5 Å². The third kappa shape index (κ3) is 4.80. The Bertz CT molecular complexity index is 1220. The standard InChI is InChI=1S/C23H21ClFN3O4S2/c1-32-17-9-5-8-16(27-19(29)14-6-3-4-7-15(14)25)18(17)13-10-11-23(31,34-2)22(24,12-13)20(33)28-21(26)30/h3-12,31H,1-2H3,(H,27,29)(H3,26,28,30,33). The summed E-state index contributed by atoms with van der Waals surface area (Å²) in [5, 5.41) is 16.1. The van der Waals surface area contributed by atoms with Crippen molar-refractivity contribution in [3.05, 3.63) is 77.6 Å². The highest BCUT2D eigenvalue weighted by Crippen LogP contribution is 2.47. The van der Waals surface area contributed by atoms with Crippen LogP contribution in [-0.2, 0) is 0 Å². The molecule has 0 saturated carbocycles. The van der Waals surface area contributed by atoms with Crippen LogP contribution in [0.4, 0.5) is 14.9 Å². The maximum Gasteiger partial charge on any atom is 0.317 e. The molecule has 2 atom stereocenters. The highest BCUT2D eigenvalue weighted by molar-refractivity contribution is 8.00. The zero-order chi connectivity index (χ0) is 25.1. The molecule has 178 valence electrons. The molecule has 1 aliphatic rings. The maximum atomic E-state index is 14.1. The molecule has 0 radical (unpaired) electrons. The molecule has 0 spiro atoms. The highest BCUT2D eigenvalue weighted by atomic mass is 35.5. The van der Waals surface area contributed by atoms with Crippen molar-refractivity contribution >= 4 is 63.8 Å². The molecule has 3 rings (SSSR count). The largest absolute Gasteiger partial charge is 0.496 e. The second-order valence-electron chi connectivity index (χ2n) is 7.18. The van der Waals surface area contributed by atoms with Crippen LogP contribution in [0, 0.1) is 5.82 Å². The first-order valence-corrected chi connectivity index (χ1v) is 11.8. The van der Waals surface area contributed by atoms with Gasteiger partial charge in [-0.25, -0.2) is 9.18 Å². The maximum absolute atomic E-state index is 14.1. The number of carbonyl (C=O) groups excluding carboxylic acids is 2. The summed E-state index contributed by atoms with van der Waals surface area (Å²) < 4.78 is 19.6. The van der Waals surface area contributed by atoms with Crippen molar-refractivity contribution in [2.45, 2.75) is 9.81 Å². The Kier molecular flexibility index (Phi) is 7.67. The van der Waals surface area contributed by atoms with Gasteiger partial charge in [0.05, 0.1) is 18.4 Å². The Morgan fingerprint density at radius 2 is 1.94 bits per heavy atom. The molecular weight excluding hydrogens is 501 g/mol. The Morgan fingerprint density at radius 1 is 1.24 bits per heavy atom. The normalized spacial score (nSPS) is 21.4. The number of alkyl halides is 1. The topological polar surface area (TPSA) is 114 Å². The molecule has 0 bridgehead atoms. The number of allylic oxidation sites excluding steroid dienone is 2. The van der Waals surface area contributed by atoms with E-state index in [9.17, 15) is 19.1 Å². The summed E-state index contributed by atoms with van der Waals surface area (Å²) in [5.41, 5.74) is 6.19. The van der Waals surface area contributed by atoms with E-state index in [-0.39, 0.29) is 10.6 Å². The third-order valence-corrected chi connectivity index (χ3v) is 7.46. The van der Waals surface area contributed by atoms with Crippen molar-refractivity contribution < 1.29 is 23.8 Å². The average Bonchev–Trinajstić information content (AvgIpc) is 2.80. The van der Waals surface area contributed by atoms with Crippen molar-refractivity contribution in [2.75, 3.05) is 18.7 Å². The van der Waals surface area contributed by atoms with Crippen LogP contribution < -0.4 is 21.1 Å². The number of ether oxygens (including phenoxy) is 1. The van der Waals surface area contributed by atoms with Crippen LogP contribution in [0.1, 0.15) is 15.9 Å². The molecular formula is C23H21ClFN3O4S2. The molecule has 34 heavy (non-hydrogen) atoms. The fraction of sp³-hybridized carbons (Fsp3) is 0.174. The lowest BCUT2D eigenvalue weighted by Gasteiger charge is -2.40. The van der Waals surface area contributed by atoms with Crippen LogP contribution >= 0.6 is 35.6 Å². The number of aliphatic hydroxyl groups is 1. The van der Waals surface area contributed by atoms with Gasteiger partial charge in [0.15, 0.2) is 9.81 Å². The summed E-state index contributed by atoms with van der Waals surface area (Å²) in [5.74, 6) is -0.977. The number of thioether (sulfide) groups is 1. The highest BCUT2D eigenvalue weighted by Gasteiger charge is 2.51. The number of benzene rings is 2. The van der Waals surface area contributed by atoms with Crippen LogP contribution in [0.5, 0.6) is 5.75 Å². The second-order valence-corrected chi connectivity index (χ2v) is 9.22. The van der Waals surface area contributed by atoms with Gasteiger partial charge in [0.2, 0.25) is 0 Å². The molecule has 0 aromatic heterocycles. The fourth-order valence-corrected chi connectivity index (χ4v) is 4.93. The van der Waals surface area contributed by atoms with Gasteiger partial charge in [0, 0.05) is 5.56 Å². The van der Waals surface area contributed by atoms with Crippen molar-refractivity contribution in [3.8, 4) is 5.75 Å². The van der Waals surface area contributed by atoms with E-state index >= 15 is 0 Å². The van der Waals surface area contributed by atoms with Crippen molar-refractivity contribution in [2.24, 2.45) is 5.73 Å². The molecule has 0 heterocycles. The zero-order valence-electron chi connectivity index (χ0n) is 18.1. The van der Waals surface area contributed by atoms with Crippen LogP contribution in [0.15, 0.2) is 60.7 Å². The SMILES string of the molecule is COc1cccc(NC(=O)c2ccccc2F)c1C1=CC(Cl)(C(=S)NC(N)=O)C(O)(SC)C=C1. The zero-order valence-corrected chi connectivity index (χ0v) is 20.5. The van der Waals surface area contributed by atoms with Crippen LogP contribution in [-0.4, -0.2) is 45.2 Å². The van der Waals surface area contributed by atoms with E-state index in [4.69, 9.17) is 34.3 Å². The van der Waals surface area contributed by atoms with Gasteiger partial charge < -0.3 is 26.2 Å². The van der Waals surface area contributed by atoms with E-state index < -0.39 is 27.6 Å². The first-order valence-electron chi connectivity index (χ1n) is 9.79. The number of methoxy groups -OCH3 is 1. The van der Waals surface area contributed by atoms with Gasteiger partial charge in [0.25, 0.3) is 5.91 Å². The van der Waals surface area contributed by atoms with Crippen LogP contribution in [0.25, 0.3) is 5.57 Å². The molecule has 5 N–H and O–H groups in total. The first-order chi connectivity index (χ1) is 16.1. The van der Waals surface area contributed by atoms with Gasteiger partial charge in [-0.15, -0.1) is 23.4 Å². The number of urea groups is 1. The Hall–Kier alpha value is -2.92. The average molecular weight is 522 g/mol. The van der Waals surface area contributed by atoms with E-state index in [0.29, 0.717) is 22.6 Å². The molecule has 0 aliphatic heterocycles. The summed E-state index contributed by atoms with van der Waals surface area (Å²) in [4.78, 5) is 20.5. The van der Waals surface area contributed by atoms with Crippen molar-refractivity contribution in [1.82, 2.24) is 5.32 Å². The summed E-state index contributed by atoms with van der Waals surface area (Å²) in [7, 11) is 1.44. The summed E-state index contributed by atoms with van der Waals surface area (Å²) in [6.45, 7) is 0. The Labute approximate surface area is 210 Å². The summed E-state index contributed by atoms with van der Waals surface area (Å²) >= 11 is 13.1. The van der Waals surface area contributed by atoms with Crippen molar-refractivity contribution in [1.29, 1.82) is 0 Å². The minimum atomic E-state index is -1.78. The smallest absolute Gasteiger partial charge is 0.317 e. The molecule has 2 unspecified atom stereocenters. The molecule has 1 aliphatic carbocycles. The van der Waals surface area contributed by atoms with E-state index in [1.54, 1.807) is 36.6 Å². The number of amides is 3. The van der Waals surface area contributed by atoms with Gasteiger partial charge in [-0.2, -0.15) is 0 Å². The number of primary amides is 1. The lowest BCUT2D eigenvalue weighted by molar-refractivity contribution is 0.102. The predicted molar refractivity (Wildman–Crippen MR) is 137 cm³/mol. The molecule has 2 aromatic rings. The fourth-order valence-electron chi connectivity index (χ4n) is 3.43. The number of carbonyl (C=O) groups is 2. The molecule has 3 amide bonds. The predicted octanol–water partition coefficient (Wildman–Crippen LogP) is 4.06. The van der Waals surface area contributed by atoms with Crippen LogP contribution in [0.2, 0.25) is 0 Å². The lowest BCUT2D eigenvalue weighted by Crippen LogP contribution is -2.57. The van der Waals surface area contributed by atoms with E-state index in [1.807, 2.05) is 0 Å². The van der Waals surface area contributed by atoms with Crippen LogP contribution in [0.3, 0.4) is 0 Å². The number of halogens is 2. The molecule has 2 aromatic carbocycles.